The topological polar surface area (TPSA) is 183 Å². The summed E-state index contributed by atoms with van der Waals surface area (Å²) in [4.78, 5) is 8.68. The van der Waals surface area contributed by atoms with E-state index in [0.29, 0.717) is 0 Å². The molecule has 2 rings (SSSR count). The normalized spacial score (nSPS) is 41.1. The van der Waals surface area contributed by atoms with Crippen molar-refractivity contribution in [3.63, 3.8) is 0 Å². The zero-order chi connectivity index (χ0) is 22.3. The summed E-state index contributed by atoms with van der Waals surface area (Å²) < 4.78 is 23.7. The van der Waals surface area contributed by atoms with Crippen molar-refractivity contribution in [2.45, 2.75) is 77.1 Å². The molecule has 0 aliphatic carbocycles. The predicted octanol–water partition coefficient (Wildman–Crippen LogP) is 4.45. The van der Waals surface area contributed by atoms with Crippen LogP contribution in [0.2, 0.25) is 0 Å². The molecular weight excluding hydrogens is 394 g/mol. The largest absolute Gasteiger partial charge is 0.355 e. The Kier molecular flexibility index (Phi) is 9.01. The SMILES string of the molecule is CCC1O[C@H](O[C@@H]2C(CN=[N+]=[N-])O[C@H](OC)[C@@H](N=[N+]=[N-])C2C)[C@@H](N=[N+]=[N-])C(C)[C@@H]1C. The zero-order valence-corrected chi connectivity index (χ0v) is 17.8. The number of methoxy groups -OCH3 is 1. The van der Waals surface area contributed by atoms with E-state index >= 15 is 0 Å². The molecule has 2 saturated heterocycles. The zero-order valence-electron chi connectivity index (χ0n) is 17.8. The fourth-order valence-corrected chi connectivity index (χ4v) is 4.23. The molecule has 166 valence electrons. The first-order valence-electron chi connectivity index (χ1n) is 10.0. The van der Waals surface area contributed by atoms with Gasteiger partial charge in [0, 0.05) is 21.8 Å². The van der Waals surface area contributed by atoms with Crippen molar-refractivity contribution in [3.8, 4) is 0 Å². The van der Waals surface area contributed by atoms with E-state index in [1.54, 1.807) is 0 Å². The van der Waals surface area contributed by atoms with Crippen LogP contribution in [-0.4, -0.2) is 56.6 Å². The van der Waals surface area contributed by atoms with Crippen LogP contribution < -0.4 is 0 Å². The number of hydrogen-bond donors (Lipinski definition) is 0. The van der Waals surface area contributed by atoms with E-state index in [1.165, 1.54) is 7.11 Å². The molecule has 0 bridgehead atoms. The second-order valence-electron chi connectivity index (χ2n) is 7.71. The Morgan fingerprint density at radius 2 is 1.43 bits per heavy atom. The molecule has 4 unspecified atom stereocenters. The highest BCUT2D eigenvalue weighted by Gasteiger charge is 2.48. The van der Waals surface area contributed by atoms with Crippen molar-refractivity contribution in [2.24, 2.45) is 33.1 Å². The van der Waals surface area contributed by atoms with Crippen molar-refractivity contribution in [1.29, 1.82) is 0 Å². The Hall–Kier alpha value is -2.23. The first-order valence-corrected chi connectivity index (χ1v) is 10.0. The number of hydrogen-bond acceptors (Lipinski definition) is 7. The summed E-state index contributed by atoms with van der Waals surface area (Å²) in [5.74, 6) is -0.138. The molecule has 0 radical (unpaired) electrons. The summed E-state index contributed by atoms with van der Waals surface area (Å²) in [5, 5.41) is 11.4. The fraction of sp³-hybridized carbons (Fsp3) is 1.00. The van der Waals surface area contributed by atoms with Crippen molar-refractivity contribution < 1.29 is 18.9 Å². The molecule has 2 heterocycles. The Bertz CT molecular complexity index is 718. The van der Waals surface area contributed by atoms with Crippen LogP contribution in [-0.2, 0) is 18.9 Å². The summed E-state index contributed by atoms with van der Waals surface area (Å²) in [6, 6.07) is -1.20. The lowest BCUT2D eigenvalue weighted by Crippen LogP contribution is -2.58. The average molecular weight is 423 g/mol. The van der Waals surface area contributed by atoms with Crippen molar-refractivity contribution >= 4 is 0 Å². The number of nitrogens with zero attached hydrogens (tertiary/aromatic N) is 9. The minimum absolute atomic E-state index is 0.00355. The molecule has 0 aromatic carbocycles. The molecule has 13 nitrogen and oxygen atoms in total. The monoisotopic (exact) mass is 423 g/mol. The molecule has 2 aliphatic rings. The molecular formula is C17H29N9O4. The lowest BCUT2D eigenvalue weighted by molar-refractivity contribution is -0.302. The van der Waals surface area contributed by atoms with Gasteiger partial charge in [0.15, 0.2) is 12.6 Å². The second kappa shape index (κ2) is 11.2. The minimum atomic E-state index is -0.813. The maximum atomic E-state index is 9.06. The number of rotatable bonds is 8. The van der Waals surface area contributed by atoms with E-state index in [2.05, 4.69) is 37.0 Å². The third-order valence-electron chi connectivity index (χ3n) is 6.17. The van der Waals surface area contributed by atoms with Crippen LogP contribution >= 0.6 is 0 Å². The highest BCUT2D eigenvalue weighted by Crippen LogP contribution is 2.38. The van der Waals surface area contributed by atoms with E-state index in [9.17, 15) is 0 Å². The van der Waals surface area contributed by atoms with Crippen LogP contribution in [0, 0.1) is 17.8 Å². The average Bonchev–Trinajstić information content (AvgIpc) is 2.75. The van der Waals surface area contributed by atoms with Crippen LogP contribution in [0.25, 0.3) is 31.3 Å². The summed E-state index contributed by atoms with van der Waals surface area (Å²) >= 11 is 0. The summed E-state index contributed by atoms with van der Waals surface area (Å²) in [6.45, 7) is 7.93. The molecule has 30 heavy (non-hydrogen) atoms. The van der Waals surface area contributed by atoms with Gasteiger partial charge in [0.2, 0.25) is 0 Å². The fourth-order valence-electron chi connectivity index (χ4n) is 4.23. The second-order valence-corrected chi connectivity index (χ2v) is 7.71. The molecule has 2 aliphatic heterocycles. The maximum absolute atomic E-state index is 9.06. The van der Waals surface area contributed by atoms with Gasteiger partial charge in [-0.25, -0.2) is 0 Å². The van der Waals surface area contributed by atoms with E-state index < -0.39 is 36.9 Å². The highest BCUT2D eigenvalue weighted by molar-refractivity contribution is 4.96. The van der Waals surface area contributed by atoms with Gasteiger partial charge in [0.25, 0.3) is 0 Å². The number of azide groups is 3. The molecule has 0 aromatic heterocycles. The van der Waals surface area contributed by atoms with Crippen molar-refractivity contribution in [1.82, 2.24) is 0 Å². The van der Waals surface area contributed by atoms with Crippen LogP contribution in [0.4, 0.5) is 0 Å². The Balaban J connectivity index is 2.36. The van der Waals surface area contributed by atoms with Crippen molar-refractivity contribution in [3.05, 3.63) is 31.3 Å². The quantitative estimate of drug-likeness (QED) is 0.317. The summed E-state index contributed by atoms with van der Waals surface area (Å²) in [6.07, 6.45) is -2.21. The Morgan fingerprint density at radius 1 is 0.833 bits per heavy atom. The smallest absolute Gasteiger partial charge is 0.167 e. The van der Waals surface area contributed by atoms with E-state index in [0.717, 1.165) is 6.42 Å². The first kappa shape index (κ1) is 24.0. The standard InChI is InChI=1S/C17H29N9O4/c1-6-11-8(2)9(3)13(22-25-19)17(28-11)30-15-10(4)14(23-26-20)16(27-5)29-12(15)7-21-24-18/h8-17H,6-7H2,1-5H3/t8-,9?,10?,11?,12?,13-,14-,15-,16-,17+/m0/s1. The summed E-state index contributed by atoms with van der Waals surface area (Å²) in [5.41, 5.74) is 26.8. The van der Waals surface area contributed by atoms with Gasteiger partial charge in [0.05, 0.1) is 36.9 Å². The van der Waals surface area contributed by atoms with Gasteiger partial charge in [-0.05, 0) is 40.8 Å². The van der Waals surface area contributed by atoms with Crippen LogP contribution in [0.5, 0.6) is 0 Å². The molecule has 0 aromatic rings. The highest BCUT2D eigenvalue weighted by atomic mass is 16.7. The number of ether oxygens (including phenoxy) is 4. The predicted molar refractivity (Wildman–Crippen MR) is 107 cm³/mol. The first-order chi connectivity index (χ1) is 14.4. The van der Waals surface area contributed by atoms with Gasteiger partial charge in [0.1, 0.15) is 0 Å². The molecule has 0 amide bonds. The Morgan fingerprint density at radius 3 is 1.97 bits per heavy atom. The summed E-state index contributed by atoms with van der Waals surface area (Å²) in [7, 11) is 1.44. The minimum Gasteiger partial charge on any atom is -0.355 e. The van der Waals surface area contributed by atoms with Crippen molar-refractivity contribution in [2.75, 3.05) is 13.7 Å². The molecule has 0 spiro atoms. The maximum Gasteiger partial charge on any atom is 0.167 e. The molecule has 13 heteroatoms. The van der Waals surface area contributed by atoms with Gasteiger partial charge in [-0.2, -0.15) is 0 Å². The molecule has 10 atom stereocenters. The van der Waals surface area contributed by atoms with Gasteiger partial charge in [-0.15, -0.1) is 0 Å². The lowest BCUT2D eigenvalue weighted by atomic mass is 9.81. The third-order valence-corrected chi connectivity index (χ3v) is 6.17. The lowest BCUT2D eigenvalue weighted by Gasteiger charge is -2.48. The van der Waals surface area contributed by atoms with Crippen LogP contribution in [0.15, 0.2) is 15.3 Å². The van der Waals surface area contributed by atoms with E-state index in [-0.39, 0.29) is 30.4 Å². The molecule has 0 N–H and O–H groups in total. The van der Waals surface area contributed by atoms with Gasteiger partial charge < -0.3 is 18.9 Å². The van der Waals surface area contributed by atoms with E-state index in [1.807, 2.05) is 20.8 Å². The van der Waals surface area contributed by atoms with E-state index in [4.69, 9.17) is 35.5 Å². The molecule has 0 saturated carbocycles. The molecule has 2 fully saturated rings. The van der Waals surface area contributed by atoms with Gasteiger partial charge in [-0.3, -0.25) is 0 Å². The third kappa shape index (κ3) is 5.08. The van der Waals surface area contributed by atoms with Gasteiger partial charge in [-0.1, -0.05) is 43.0 Å². The Labute approximate surface area is 174 Å². The van der Waals surface area contributed by atoms with Gasteiger partial charge >= 0.3 is 0 Å². The van der Waals surface area contributed by atoms with Crippen LogP contribution in [0.1, 0.15) is 34.1 Å². The van der Waals surface area contributed by atoms with Crippen LogP contribution in [0.3, 0.4) is 0 Å².